The van der Waals surface area contributed by atoms with E-state index in [4.69, 9.17) is 0 Å². The molecule has 6 aromatic carbocycles. The van der Waals surface area contributed by atoms with Crippen molar-refractivity contribution >= 4 is 43.6 Å². The average molecular weight is 1030 g/mol. The van der Waals surface area contributed by atoms with E-state index in [0.717, 1.165) is 16.8 Å². The minimum Gasteiger partial charge on any atom is -0.309 e. The van der Waals surface area contributed by atoms with Crippen molar-refractivity contribution in [3.05, 3.63) is 166 Å². The third-order valence-corrected chi connectivity index (χ3v) is 13.5. The largest absolute Gasteiger partial charge is 0.417 e. The highest BCUT2D eigenvalue weighted by atomic mass is 19.4. The predicted molar refractivity (Wildman–Crippen MR) is 288 cm³/mol. The van der Waals surface area contributed by atoms with E-state index >= 15 is 13.2 Å². The normalized spacial score (nSPS) is 11.8. The lowest BCUT2D eigenvalue weighted by atomic mass is 9.93. The molecule has 0 bridgehead atoms. The van der Waals surface area contributed by atoms with Gasteiger partial charge in [-0.25, -0.2) is 59.8 Å². The van der Waals surface area contributed by atoms with Crippen LogP contribution in [0.1, 0.15) is 63.3 Å². The number of rotatable bonds is 7. The molecule has 6 aromatic heterocycles. The van der Waals surface area contributed by atoms with Crippen molar-refractivity contribution in [2.45, 2.75) is 61.6 Å². The van der Waals surface area contributed by atoms with Gasteiger partial charge in [0.1, 0.15) is 52.7 Å². The number of aromatic nitrogens is 14. The van der Waals surface area contributed by atoms with Crippen molar-refractivity contribution in [3.8, 4) is 80.2 Å². The Kier molecular flexibility index (Phi) is 11.4. The first-order chi connectivity index (χ1) is 37.4. The molecule has 0 radical (unpaired) electrons. The number of benzene rings is 6. The lowest BCUT2D eigenvalue weighted by Gasteiger charge is -2.21. The Balaban J connectivity index is 1.19. The van der Waals surface area contributed by atoms with E-state index in [2.05, 4.69) is 65.9 Å². The second kappa shape index (κ2) is 18.2. The zero-order chi connectivity index (χ0) is 54.5. The summed E-state index contributed by atoms with van der Waals surface area (Å²) in [5.74, 6) is 6.08. The van der Waals surface area contributed by atoms with E-state index in [9.17, 15) is 10.5 Å². The van der Waals surface area contributed by atoms with E-state index in [1.54, 1.807) is 67.5 Å². The molecule has 378 valence electrons. The van der Waals surface area contributed by atoms with Gasteiger partial charge in [-0.05, 0) is 158 Å². The number of hydrogen-bond acceptors (Lipinski definition) is 14. The number of aryl methyl sites for hydroxylation is 8. The molecular formula is C59H41F3N16. The fourth-order valence-electron chi connectivity index (χ4n) is 10.4. The summed E-state index contributed by atoms with van der Waals surface area (Å²) in [4.78, 5) is 54.8. The van der Waals surface area contributed by atoms with Crippen LogP contribution in [0.3, 0.4) is 0 Å². The van der Waals surface area contributed by atoms with Gasteiger partial charge in [0.15, 0.2) is 23.3 Å². The van der Waals surface area contributed by atoms with E-state index in [1.807, 2.05) is 88.0 Å². The number of halogens is 3. The van der Waals surface area contributed by atoms with Crippen LogP contribution in [-0.4, -0.2) is 68.9 Å². The van der Waals surface area contributed by atoms with Crippen molar-refractivity contribution in [1.29, 1.82) is 10.5 Å². The summed E-state index contributed by atoms with van der Waals surface area (Å²) in [5, 5.41) is 24.3. The standard InChI is InChI=1S/C59H41F3N16/c1-28-65-29(2)70-55(69-28)37-10-15-49-43(20-37)44-21-38(56-71-30(3)66-31(4)72-56)11-16-50(44)77(49)53-25-47(42-14-9-36(26-63)19-48(42)59(60,61)62)54(24-41(53)27-64)78-51-17-12-39(57-73-32(5)67-33(6)74-57)22-45(51)46-23-40(13-18-52(46)78)58-75-34(7)68-35(8)76-58/h9-25H,1-8H3. The second-order valence-electron chi connectivity index (χ2n) is 19.0. The molecule has 78 heavy (non-hydrogen) atoms. The van der Waals surface area contributed by atoms with Crippen molar-refractivity contribution in [2.75, 3.05) is 0 Å². The number of nitriles is 2. The highest BCUT2D eigenvalue weighted by molar-refractivity contribution is 6.13. The fraction of sp³-hybridized carbons (Fsp3) is 0.153. The second-order valence-corrected chi connectivity index (χ2v) is 19.0. The summed E-state index contributed by atoms with van der Waals surface area (Å²) >= 11 is 0. The van der Waals surface area contributed by atoms with Crippen LogP contribution >= 0.6 is 0 Å². The number of nitrogens with zero attached hydrogens (tertiary/aromatic N) is 16. The maximum atomic E-state index is 15.7. The first-order valence-corrected chi connectivity index (χ1v) is 24.6. The molecule has 19 heteroatoms. The topological polar surface area (TPSA) is 212 Å². The Morgan fingerprint density at radius 1 is 0.359 bits per heavy atom. The molecule has 0 atom stereocenters. The average Bonchev–Trinajstić information content (AvgIpc) is 4.08. The summed E-state index contributed by atoms with van der Waals surface area (Å²) in [7, 11) is 0. The number of fused-ring (bicyclic) bond motifs is 6. The molecule has 0 aliphatic rings. The minimum absolute atomic E-state index is 0.121. The van der Waals surface area contributed by atoms with Crippen LogP contribution in [0.5, 0.6) is 0 Å². The van der Waals surface area contributed by atoms with Crippen LogP contribution in [-0.2, 0) is 6.18 Å². The molecule has 0 N–H and O–H groups in total. The SMILES string of the molecule is Cc1nc(C)nc(-c2ccc3c(c2)c2cc(-c4nc(C)nc(C)n4)ccc2n3-c2cc(-c3ccc(C#N)cc3C(F)(F)F)c(-n3c4ccc(-c5nc(C)nc(C)n5)cc4c4cc(-c5nc(C)nc(C)n5)ccc43)cc2C#N)n1. The summed E-state index contributed by atoms with van der Waals surface area (Å²) in [6.07, 6.45) is -4.92. The van der Waals surface area contributed by atoms with Gasteiger partial charge in [0.25, 0.3) is 0 Å². The van der Waals surface area contributed by atoms with Crippen LogP contribution in [0.15, 0.2) is 103 Å². The Bertz CT molecular complexity index is 4340. The Labute approximate surface area is 442 Å². The monoisotopic (exact) mass is 1030 g/mol. The number of hydrogen-bond donors (Lipinski definition) is 0. The fourth-order valence-corrected chi connectivity index (χ4v) is 10.4. The third-order valence-electron chi connectivity index (χ3n) is 13.5. The molecule has 0 saturated carbocycles. The molecule has 0 aliphatic carbocycles. The number of alkyl halides is 3. The van der Waals surface area contributed by atoms with Gasteiger partial charge in [-0.15, -0.1) is 0 Å². The molecule has 0 amide bonds. The summed E-state index contributed by atoms with van der Waals surface area (Å²) in [6, 6.07) is 33.9. The summed E-state index contributed by atoms with van der Waals surface area (Å²) in [6.45, 7) is 14.3. The quantitative estimate of drug-likeness (QED) is 0.145. The van der Waals surface area contributed by atoms with Gasteiger partial charge in [0, 0.05) is 49.4 Å². The van der Waals surface area contributed by atoms with Crippen molar-refractivity contribution in [3.63, 3.8) is 0 Å². The molecule has 0 saturated heterocycles. The Hall–Kier alpha value is -10.3. The maximum absolute atomic E-state index is 15.7. The zero-order valence-electron chi connectivity index (χ0n) is 43.1. The van der Waals surface area contributed by atoms with Gasteiger partial charge in [-0.1, -0.05) is 6.07 Å². The van der Waals surface area contributed by atoms with Crippen LogP contribution < -0.4 is 0 Å². The van der Waals surface area contributed by atoms with Gasteiger partial charge in [0.2, 0.25) is 0 Å². The van der Waals surface area contributed by atoms with Gasteiger partial charge in [-0.3, -0.25) is 0 Å². The minimum atomic E-state index is -4.92. The lowest BCUT2D eigenvalue weighted by molar-refractivity contribution is -0.137. The predicted octanol–water partition coefficient (Wildman–Crippen LogP) is 12.2. The molecule has 0 aliphatic heterocycles. The van der Waals surface area contributed by atoms with E-state index < -0.39 is 11.7 Å². The van der Waals surface area contributed by atoms with E-state index in [-0.39, 0.29) is 27.9 Å². The van der Waals surface area contributed by atoms with Gasteiger partial charge in [0.05, 0.1) is 56.2 Å². The maximum Gasteiger partial charge on any atom is 0.417 e. The summed E-state index contributed by atoms with van der Waals surface area (Å²) < 4.78 is 50.9. The lowest BCUT2D eigenvalue weighted by Crippen LogP contribution is -2.10. The summed E-state index contributed by atoms with van der Waals surface area (Å²) in [5.41, 5.74) is 4.57. The van der Waals surface area contributed by atoms with E-state index in [0.29, 0.717) is 131 Å². The van der Waals surface area contributed by atoms with Crippen LogP contribution in [0.2, 0.25) is 0 Å². The molecule has 0 fully saturated rings. The molecule has 12 rings (SSSR count). The molecule has 6 heterocycles. The van der Waals surface area contributed by atoms with Crippen molar-refractivity contribution < 1.29 is 13.2 Å². The van der Waals surface area contributed by atoms with Crippen LogP contribution in [0.25, 0.3) is 112 Å². The highest BCUT2D eigenvalue weighted by Gasteiger charge is 2.36. The molecule has 0 unspecified atom stereocenters. The van der Waals surface area contributed by atoms with Gasteiger partial charge >= 0.3 is 6.18 Å². The zero-order valence-corrected chi connectivity index (χ0v) is 43.1. The molecule has 12 aromatic rings. The Morgan fingerprint density at radius 3 is 1.00 bits per heavy atom. The smallest absolute Gasteiger partial charge is 0.309 e. The first-order valence-electron chi connectivity index (χ1n) is 24.6. The molecular weight excluding hydrogens is 990 g/mol. The molecule has 0 spiro atoms. The first kappa shape index (κ1) is 48.7. The van der Waals surface area contributed by atoms with E-state index in [1.165, 1.54) is 12.1 Å². The van der Waals surface area contributed by atoms with Crippen LogP contribution in [0, 0.1) is 78.1 Å². The van der Waals surface area contributed by atoms with Gasteiger partial charge in [-0.2, -0.15) is 23.7 Å². The Morgan fingerprint density at radius 2 is 0.692 bits per heavy atom. The third kappa shape index (κ3) is 8.43. The highest BCUT2D eigenvalue weighted by Crippen LogP contribution is 2.46. The molecule has 16 nitrogen and oxygen atoms in total. The van der Waals surface area contributed by atoms with Crippen molar-refractivity contribution in [2.24, 2.45) is 0 Å². The van der Waals surface area contributed by atoms with Crippen molar-refractivity contribution in [1.82, 2.24) is 68.9 Å². The van der Waals surface area contributed by atoms with Gasteiger partial charge < -0.3 is 9.13 Å². The van der Waals surface area contributed by atoms with Crippen LogP contribution in [0.4, 0.5) is 13.2 Å².